The first kappa shape index (κ1) is 20.7. The van der Waals surface area contributed by atoms with Gasteiger partial charge in [-0.2, -0.15) is 5.26 Å². The predicted molar refractivity (Wildman–Crippen MR) is 114 cm³/mol. The van der Waals surface area contributed by atoms with Gasteiger partial charge in [0.15, 0.2) is 0 Å². The van der Waals surface area contributed by atoms with Crippen molar-refractivity contribution in [3.05, 3.63) is 70.9 Å². The van der Waals surface area contributed by atoms with Crippen molar-refractivity contribution in [3.63, 3.8) is 0 Å². The molecule has 1 fully saturated rings. The highest BCUT2D eigenvalue weighted by Crippen LogP contribution is 2.27. The molecule has 29 heavy (non-hydrogen) atoms. The average Bonchev–Trinajstić information content (AvgIpc) is 2.74. The molecule has 7 heteroatoms. The van der Waals surface area contributed by atoms with Crippen LogP contribution in [0.15, 0.2) is 60.3 Å². The van der Waals surface area contributed by atoms with E-state index in [1.165, 1.54) is 12.7 Å². The molecule has 0 saturated carbocycles. The molecule has 0 bridgehead atoms. The highest BCUT2D eigenvalue weighted by molar-refractivity contribution is 6.32. The van der Waals surface area contributed by atoms with Crippen LogP contribution < -0.4 is 10.1 Å². The molecule has 0 spiro atoms. The van der Waals surface area contributed by atoms with Crippen LogP contribution in [0.5, 0.6) is 5.75 Å². The van der Waals surface area contributed by atoms with Crippen LogP contribution in [-0.4, -0.2) is 49.0 Å². The number of nitrogens with zero attached hydrogens (tertiary/aromatic N) is 3. The van der Waals surface area contributed by atoms with E-state index in [1.54, 1.807) is 24.4 Å². The minimum atomic E-state index is -0.458. The standard InChI is InChI=1S/C22H23ClN4O2/c1-29-21-8-7-19(13-20(21)23)25-22(28)18(14-24)16-27-11-9-26(10-12-27)15-17-5-3-2-4-6-17/h2-8,13,16H,9-12,15H2,1H3,(H,25,28)/b18-16-. The Kier molecular flexibility index (Phi) is 7.12. The zero-order valence-corrected chi connectivity index (χ0v) is 17.0. The first-order valence-electron chi connectivity index (χ1n) is 9.36. The third kappa shape index (κ3) is 5.74. The number of nitrogens with one attached hydrogen (secondary N) is 1. The van der Waals surface area contributed by atoms with Crippen molar-refractivity contribution >= 4 is 23.2 Å². The van der Waals surface area contributed by atoms with Crippen molar-refractivity contribution in [1.29, 1.82) is 5.26 Å². The van der Waals surface area contributed by atoms with E-state index < -0.39 is 5.91 Å². The first-order chi connectivity index (χ1) is 14.1. The van der Waals surface area contributed by atoms with Gasteiger partial charge in [0, 0.05) is 44.6 Å². The Morgan fingerprint density at radius 3 is 2.55 bits per heavy atom. The molecule has 1 aliphatic rings. The van der Waals surface area contributed by atoms with Gasteiger partial charge in [0.25, 0.3) is 5.91 Å². The summed E-state index contributed by atoms with van der Waals surface area (Å²) >= 11 is 6.08. The summed E-state index contributed by atoms with van der Waals surface area (Å²) in [6.07, 6.45) is 1.64. The monoisotopic (exact) mass is 410 g/mol. The summed E-state index contributed by atoms with van der Waals surface area (Å²) < 4.78 is 5.10. The van der Waals surface area contributed by atoms with Crippen molar-refractivity contribution in [2.45, 2.75) is 6.54 Å². The number of ether oxygens (including phenoxy) is 1. The molecule has 3 rings (SSSR count). The number of methoxy groups -OCH3 is 1. The molecule has 0 radical (unpaired) electrons. The Hall–Kier alpha value is -3.01. The Labute approximate surface area is 175 Å². The average molecular weight is 411 g/mol. The molecule has 0 aliphatic carbocycles. The third-order valence-electron chi connectivity index (χ3n) is 4.74. The Bertz CT molecular complexity index is 916. The molecule has 1 heterocycles. The predicted octanol–water partition coefficient (Wildman–Crippen LogP) is 3.51. The molecule has 2 aromatic rings. The normalized spacial score (nSPS) is 14.9. The maximum atomic E-state index is 12.5. The minimum absolute atomic E-state index is 0.0634. The van der Waals surface area contributed by atoms with Crippen molar-refractivity contribution in [2.75, 3.05) is 38.6 Å². The lowest BCUT2D eigenvalue weighted by Gasteiger charge is -2.34. The van der Waals surface area contributed by atoms with Crippen molar-refractivity contribution in [2.24, 2.45) is 0 Å². The van der Waals surface area contributed by atoms with Crippen LogP contribution in [0.4, 0.5) is 5.69 Å². The molecule has 6 nitrogen and oxygen atoms in total. The van der Waals surface area contributed by atoms with Crippen LogP contribution in [-0.2, 0) is 11.3 Å². The summed E-state index contributed by atoms with van der Waals surface area (Å²) in [7, 11) is 1.52. The summed E-state index contributed by atoms with van der Waals surface area (Å²) in [5.74, 6) is 0.0644. The highest BCUT2D eigenvalue weighted by atomic mass is 35.5. The first-order valence-corrected chi connectivity index (χ1v) is 9.74. The van der Waals surface area contributed by atoms with Gasteiger partial charge in [-0.3, -0.25) is 9.69 Å². The van der Waals surface area contributed by atoms with Gasteiger partial charge < -0.3 is 15.0 Å². The van der Waals surface area contributed by atoms with Gasteiger partial charge in [0.1, 0.15) is 17.4 Å². The smallest absolute Gasteiger partial charge is 0.267 e. The minimum Gasteiger partial charge on any atom is -0.495 e. The molecule has 0 atom stereocenters. The second-order valence-corrected chi connectivity index (χ2v) is 7.16. The SMILES string of the molecule is COc1ccc(NC(=O)/C(C#N)=C\N2CCN(Cc3ccccc3)CC2)cc1Cl. The number of halogens is 1. The molecule has 1 aliphatic heterocycles. The lowest BCUT2D eigenvalue weighted by Crippen LogP contribution is -2.43. The Morgan fingerprint density at radius 2 is 1.93 bits per heavy atom. The number of anilines is 1. The lowest BCUT2D eigenvalue weighted by molar-refractivity contribution is -0.112. The number of hydrogen-bond donors (Lipinski definition) is 1. The summed E-state index contributed by atoms with van der Waals surface area (Å²) in [6, 6.07) is 17.3. The zero-order chi connectivity index (χ0) is 20.6. The van der Waals surface area contributed by atoms with Gasteiger partial charge in [-0.05, 0) is 23.8 Å². The summed E-state index contributed by atoms with van der Waals surface area (Å²) in [4.78, 5) is 16.9. The van der Waals surface area contributed by atoms with Gasteiger partial charge in [-0.25, -0.2) is 0 Å². The van der Waals surface area contributed by atoms with Crippen molar-refractivity contribution in [1.82, 2.24) is 9.80 Å². The number of amides is 1. The van der Waals surface area contributed by atoms with Gasteiger partial charge >= 0.3 is 0 Å². The van der Waals surface area contributed by atoms with Crippen LogP contribution in [0, 0.1) is 11.3 Å². The third-order valence-corrected chi connectivity index (χ3v) is 5.04. The number of benzene rings is 2. The van der Waals surface area contributed by atoms with Gasteiger partial charge in [0.05, 0.1) is 12.1 Å². The number of carbonyl (C=O) groups excluding carboxylic acids is 1. The van der Waals surface area contributed by atoms with Crippen LogP contribution in [0.3, 0.4) is 0 Å². The fourth-order valence-corrected chi connectivity index (χ4v) is 3.41. The summed E-state index contributed by atoms with van der Waals surface area (Å²) in [5.41, 5.74) is 1.86. The summed E-state index contributed by atoms with van der Waals surface area (Å²) in [5, 5.41) is 12.5. The molecule has 1 amide bonds. The largest absolute Gasteiger partial charge is 0.495 e. The van der Waals surface area contributed by atoms with E-state index in [-0.39, 0.29) is 5.57 Å². The van der Waals surface area contributed by atoms with E-state index in [2.05, 4.69) is 22.3 Å². The molecule has 2 aromatic carbocycles. The van der Waals surface area contributed by atoms with Crippen LogP contribution in [0.2, 0.25) is 5.02 Å². The van der Waals surface area contributed by atoms with Crippen LogP contribution in [0.25, 0.3) is 0 Å². The lowest BCUT2D eigenvalue weighted by atomic mass is 10.2. The van der Waals surface area contributed by atoms with Crippen molar-refractivity contribution < 1.29 is 9.53 Å². The van der Waals surface area contributed by atoms with Gasteiger partial charge in [-0.15, -0.1) is 0 Å². The molecular formula is C22H23ClN4O2. The van der Waals surface area contributed by atoms with E-state index in [0.717, 1.165) is 32.7 Å². The van der Waals surface area contributed by atoms with Crippen LogP contribution in [0.1, 0.15) is 5.56 Å². The number of piperazine rings is 1. The number of rotatable bonds is 6. The fraction of sp³-hybridized carbons (Fsp3) is 0.273. The quantitative estimate of drug-likeness (QED) is 0.583. The maximum Gasteiger partial charge on any atom is 0.267 e. The Morgan fingerprint density at radius 1 is 1.21 bits per heavy atom. The van der Waals surface area contributed by atoms with E-state index in [4.69, 9.17) is 16.3 Å². The second-order valence-electron chi connectivity index (χ2n) is 6.76. The topological polar surface area (TPSA) is 68.6 Å². The van der Waals surface area contributed by atoms with E-state index >= 15 is 0 Å². The molecular weight excluding hydrogens is 388 g/mol. The molecule has 1 saturated heterocycles. The number of carbonyl (C=O) groups is 1. The number of hydrogen-bond acceptors (Lipinski definition) is 5. The Balaban J connectivity index is 1.56. The molecule has 0 aromatic heterocycles. The highest BCUT2D eigenvalue weighted by Gasteiger charge is 2.18. The second kappa shape index (κ2) is 9.97. The van der Waals surface area contributed by atoms with Gasteiger partial charge in [-0.1, -0.05) is 41.9 Å². The maximum absolute atomic E-state index is 12.5. The molecule has 150 valence electrons. The van der Waals surface area contributed by atoms with E-state index in [9.17, 15) is 10.1 Å². The van der Waals surface area contributed by atoms with Crippen LogP contribution >= 0.6 is 11.6 Å². The zero-order valence-electron chi connectivity index (χ0n) is 16.3. The number of nitriles is 1. The van der Waals surface area contributed by atoms with E-state index in [1.807, 2.05) is 29.2 Å². The summed E-state index contributed by atoms with van der Waals surface area (Å²) in [6.45, 7) is 4.18. The molecule has 0 unspecified atom stereocenters. The van der Waals surface area contributed by atoms with E-state index in [0.29, 0.717) is 16.5 Å². The molecule has 1 N–H and O–H groups in total. The fourth-order valence-electron chi connectivity index (χ4n) is 3.16. The van der Waals surface area contributed by atoms with Gasteiger partial charge in [0.2, 0.25) is 0 Å². The van der Waals surface area contributed by atoms with Crippen molar-refractivity contribution in [3.8, 4) is 11.8 Å².